The maximum Gasteiger partial charge on any atom is 0.261 e. The molecule has 0 spiro atoms. The molecule has 36 nitrogen and oxygen atoms in total. The summed E-state index contributed by atoms with van der Waals surface area (Å²) in [6.07, 6.45) is -5.55. The van der Waals surface area contributed by atoms with Crippen molar-refractivity contribution < 1.29 is 87.4 Å². The van der Waals surface area contributed by atoms with Crippen LogP contribution in [0, 0.1) is 11.8 Å². The topological polar surface area (TPSA) is 468 Å². The summed E-state index contributed by atoms with van der Waals surface area (Å²) in [6.45, 7) is 9.20. The molecule has 10 aliphatic heterocycles. The maximum atomic E-state index is 15.6. The molecule has 2 aromatic carbocycles. The van der Waals surface area contributed by atoms with Gasteiger partial charge in [-0.05, 0) is 101 Å². The van der Waals surface area contributed by atoms with Crippen molar-refractivity contribution in [2.24, 2.45) is 11.8 Å². The Bertz CT molecular complexity index is 3630. The summed E-state index contributed by atoms with van der Waals surface area (Å²) in [5.74, 6) is -11.8. The van der Waals surface area contributed by atoms with Crippen LogP contribution in [0.5, 0.6) is 0 Å². The number of fused-ring (bicyclic) bond motifs is 14. The van der Waals surface area contributed by atoms with Gasteiger partial charge in [-0.1, -0.05) is 50.9 Å². The third-order valence-electron chi connectivity index (χ3n) is 21.9. The van der Waals surface area contributed by atoms with Crippen molar-refractivity contribution in [2.45, 2.75) is 214 Å². The van der Waals surface area contributed by atoms with Crippen molar-refractivity contribution in [3.63, 3.8) is 0 Å². The van der Waals surface area contributed by atoms with Gasteiger partial charge in [0.25, 0.3) is 23.6 Å². The standard InChI is InChI=1S/C68H94Cl2N18O18/c1-29(2)49-63(101)87-45(15-11-19-73-87)59(97)85-43(13-9-17-71-85)55(93)75-41(27-105-7)53(91)81-51(31(5)89)61(99)83-47(57(95)79-49)25-67(103)35-21-33(37(69)23-39(35)77-65(67)83)34-22-36-40(24-38(34)70)78-66-68(36,104)26-48-58(96)80-50(30(3)4)64(102)88-46(16-12-20-74-88)60(98)86-44(14-10-18-72-86)56(94)76-42(28-106-8)54(92)82-52(32(6)90)62(100)84(48)66/h21-24,29-32,41-52,65-66,71-74,77-78,89-90,103-104H,9-20,25-28H2,1-8H3,(H,75,93)(H,76,94)(H,79,95)(H,80,96)(H,81,91)(H,82,92)/t31-,32-,41-,42-,43+,44+,45-,46?,47-,48-,49+,50+,51+,52+,65-,66-,67+,68+/m0/s1. The van der Waals surface area contributed by atoms with Crippen molar-refractivity contribution in [2.75, 3.05) is 64.2 Å². The zero-order valence-corrected chi connectivity index (χ0v) is 61.5. The van der Waals surface area contributed by atoms with E-state index in [1.165, 1.54) is 52.3 Å². The SMILES string of the molecule is COC[C@@H]1NC(=O)[C@H]2CCCNN2C(=O)C2CCCNN2C(=O)[C@@H](C(C)C)NC(=O)[C@@H]2C[C@@]3(O)c4cc(-c5cc6c(cc5Cl)N[C@H]5N7C(=O)[C@@H]([C@H](C)O)NC(=O)[C@H](COC)NC(=O)[C@H]8CCCNN8C(=O)[C@@H]8CCCNN8C(=O)[C@@H](C(C)C)NC(=O)[C@@H]7C[C@@]65O)c(Cl)cc4N[C@H]3N2C(=O)[C@@H]([C@H](C)O)NC1=O. The molecule has 16 N–H and O–H groups in total. The van der Waals surface area contributed by atoms with E-state index in [2.05, 4.69) is 64.2 Å². The highest BCUT2D eigenvalue weighted by Gasteiger charge is 2.64. The van der Waals surface area contributed by atoms with Crippen LogP contribution in [-0.2, 0) is 78.2 Å². The van der Waals surface area contributed by atoms with Gasteiger partial charge in [-0.3, -0.25) is 77.6 Å². The monoisotopic (exact) mass is 1520 g/mol. The summed E-state index contributed by atoms with van der Waals surface area (Å²) in [5, 5.41) is 76.7. The summed E-state index contributed by atoms with van der Waals surface area (Å²) in [7, 11) is 2.53. The molecule has 1 unspecified atom stereocenters. The molecule has 106 heavy (non-hydrogen) atoms. The van der Waals surface area contributed by atoms with Gasteiger partial charge in [0.15, 0.2) is 0 Å². The zero-order valence-electron chi connectivity index (χ0n) is 60.0. The van der Waals surface area contributed by atoms with E-state index < -0.39 is 217 Å². The first-order chi connectivity index (χ1) is 50.3. The van der Waals surface area contributed by atoms with E-state index in [1.54, 1.807) is 27.7 Å². The highest BCUT2D eigenvalue weighted by molar-refractivity contribution is 6.37. The number of nitrogens with zero attached hydrogens (tertiary/aromatic N) is 6. The fraction of sp³-hybridized carbons (Fsp3) is 0.647. The highest BCUT2D eigenvalue weighted by atomic mass is 35.5. The van der Waals surface area contributed by atoms with Crippen LogP contribution in [0.25, 0.3) is 11.1 Å². The first-order valence-corrected chi connectivity index (χ1v) is 36.8. The van der Waals surface area contributed by atoms with E-state index in [0.717, 1.165) is 29.8 Å². The number of aliphatic hydroxyl groups is 4. The number of methoxy groups -OCH3 is 2. The predicted octanol–water partition coefficient (Wildman–Crippen LogP) is -3.97. The molecule has 578 valence electrons. The van der Waals surface area contributed by atoms with Crippen LogP contribution in [0.2, 0.25) is 10.0 Å². The van der Waals surface area contributed by atoms with Crippen LogP contribution < -0.4 is 64.2 Å². The normalized spacial score (nSPS) is 33.5. The molecule has 0 bridgehead atoms. The average Bonchev–Trinajstić information content (AvgIpc) is 1.55. The zero-order chi connectivity index (χ0) is 76.4. The molecule has 0 saturated carbocycles. The van der Waals surface area contributed by atoms with Gasteiger partial charge in [0.2, 0.25) is 47.3 Å². The van der Waals surface area contributed by atoms with E-state index in [4.69, 9.17) is 32.7 Å². The molecule has 12 rings (SSSR count). The summed E-state index contributed by atoms with van der Waals surface area (Å²) < 4.78 is 10.7. The number of hydrogen-bond acceptors (Lipinski definition) is 24. The second-order valence-electron chi connectivity index (χ2n) is 29.7. The van der Waals surface area contributed by atoms with Crippen molar-refractivity contribution in [1.29, 1.82) is 0 Å². The lowest BCUT2D eigenvalue weighted by Crippen LogP contribution is -2.69. The van der Waals surface area contributed by atoms with Crippen molar-refractivity contribution >= 4 is 105 Å². The number of amides is 12. The van der Waals surface area contributed by atoms with Gasteiger partial charge < -0.3 is 82.2 Å². The number of ether oxygens (including phenoxy) is 2. The number of aliphatic hydroxyl groups excluding tert-OH is 2. The second kappa shape index (κ2) is 30.8. The molecule has 10 aliphatic rings. The molecule has 18 atom stereocenters. The molecule has 0 aliphatic carbocycles. The van der Waals surface area contributed by atoms with Crippen LogP contribution in [0.1, 0.15) is 117 Å². The van der Waals surface area contributed by atoms with Crippen molar-refractivity contribution in [3.8, 4) is 11.1 Å². The lowest BCUT2D eigenvalue weighted by atomic mass is 9.86. The Hall–Kier alpha value is -8.14. The second-order valence-corrected chi connectivity index (χ2v) is 30.5. The lowest BCUT2D eigenvalue weighted by Gasteiger charge is -2.43. The highest BCUT2D eigenvalue weighted by Crippen LogP contribution is 2.55. The molecule has 10 heterocycles. The minimum atomic E-state index is -2.29. The maximum absolute atomic E-state index is 15.6. The smallest absolute Gasteiger partial charge is 0.261 e. The number of anilines is 2. The predicted molar refractivity (Wildman–Crippen MR) is 375 cm³/mol. The molecule has 12 amide bonds. The van der Waals surface area contributed by atoms with Gasteiger partial charge in [0, 0.05) is 86.9 Å². The largest absolute Gasteiger partial charge is 0.391 e. The molecule has 38 heteroatoms. The lowest BCUT2D eigenvalue weighted by molar-refractivity contribution is -0.161. The van der Waals surface area contributed by atoms with Gasteiger partial charge in [-0.15, -0.1) is 0 Å². The minimum absolute atomic E-state index is 0.0299. The van der Waals surface area contributed by atoms with E-state index in [1.807, 2.05) is 0 Å². The average molecular weight is 1520 g/mol. The van der Waals surface area contributed by atoms with E-state index in [-0.39, 0.29) is 82.4 Å². The summed E-state index contributed by atoms with van der Waals surface area (Å²) in [6, 6.07) is -12.2. The number of hydrazine groups is 4. The molecule has 8 saturated heterocycles. The van der Waals surface area contributed by atoms with E-state index in [0.29, 0.717) is 38.8 Å². The number of rotatable bonds is 9. The molecule has 8 fully saturated rings. The first kappa shape index (κ1) is 77.5. The molecule has 0 aromatic heterocycles. The number of hydrogen-bond donors (Lipinski definition) is 16. The number of carbonyl (C=O) groups is 12. The number of nitrogens with one attached hydrogen (secondary N) is 12. The molecular formula is C68H94Cl2N18O18. The fourth-order valence-electron chi connectivity index (χ4n) is 16.3. The van der Waals surface area contributed by atoms with Crippen LogP contribution in [0.3, 0.4) is 0 Å². The van der Waals surface area contributed by atoms with Gasteiger partial charge in [0.05, 0.1) is 35.5 Å². The third kappa shape index (κ3) is 14.0. The van der Waals surface area contributed by atoms with Gasteiger partial charge in [-0.25, -0.2) is 21.7 Å². The molecule has 0 radical (unpaired) electrons. The Morgan fingerprint density at radius 3 is 1.05 bits per heavy atom. The van der Waals surface area contributed by atoms with E-state index in [9.17, 15) is 49.2 Å². The number of benzene rings is 2. The van der Waals surface area contributed by atoms with Crippen LogP contribution in [-0.4, -0.2) is 272 Å². The molecular weight excluding hydrogens is 1430 g/mol. The fourth-order valence-corrected chi connectivity index (χ4v) is 16.9. The Labute approximate surface area is 620 Å². The van der Waals surface area contributed by atoms with Crippen LogP contribution >= 0.6 is 23.2 Å². The van der Waals surface area contributed by atoms with Gasteiger partial charge in [-0.2, -0.15) is 0 Å². The van der Waals surface area contributed by atoms with Crippen molar-refractivity contribution in [1.82, 2.24) is 83.4 Å². The Morgan fingerprint density at radius 2 is 0.726 bits per heavy atom. The number of halogens is 2. The van der Waals surface area contributed by atoms with Crippen molar-refractivity contribution in [3.05, 3.63) is 45.4 Å². The summed E-state index contributed by atoms with van der Waals surface area (Å²) in [5.41, 5.74) is 7.92. The molecule has 2 aromatic rings. The Morgan fingerprint density at radius 1 is 0.415 bits per heavy atom. The quantitative estimate of drug-likeness (QED) is 0.114. The summed E-state index contributed by atoms with van der Waals surface area (Å²) >= 11 is 14.5. The van der Waals surface area contributed by atoms with Gasteiger partial charge in [0.1, 0.15) is 96.0 Å². The number of carbonyl (C=O) groups excluding carboxylic acids is 12. The third-order valence-corrected chi connectivity index (χ3v) is 22.5. The summed E-state index contributed by atoms with van der Waals surface area (Å²) in [4.78, 5) is 181. The van der Waals surface area contributed by atoms with Crippen LogP contribution in [0.15, 0.2) is 24.3 Å². The minimum Gasteiger partial charge on any atom is -0.391 e. The Balaban J connectivity index is 0.910. The van der Waals surface area contributed by atoms with Crippen LogP contribution in [0.4, 0.5) is 11.4 Å². The van der Waals surface area contributed by atoms with Gasteiger partial charge >= 0.3 is 0 Å². The first-order valence-electron chi connectivity index (χ1n) is 36.1. The Kier molecular flexibility index (Phi) is 22.5. The van der Waals surface area contributed by atoms with E-state index >= 15 is 28.8 Å².